The second-order valence-electron chi connectivity index (χ2n) is 3.19. The second-order valence-corrected chi connectivity index (χ2v) is 4.45. The molecule has 0 bridgehead atoms. The highest BCUT2D eigenvalue weighted by atomic mass is 79.9. The van der Waals surface area contributed by atoms with Crippen molar-refractivity contribution in [2.24, 2.45) is 0 Å². The highest BCUT2D eigenvalue weighted by Crippen LogP contribution is 2.19. The summed E-state index contributed by atoms with van der Waals surface area (Å²) >= 11 is 8.62. The number of benzene rings is 1. The number of halogens is 3. The Bertz CT molecular complexity index is 664. The van der Waals surface area contributed by atoms with Gasteiger partial charge in [0, 0.05) is 10.5 Å². The Morgan fingerprint density at radius 3 is 2.59 bits per heavy atom. The molecular formula is C10H5BrClFN2O2. The number of aromatic amines is 1. The standard InChI is InChI=1S/C10H5BrClFN2O2/c11-6-3-5(13)1-2-7(6)15-9(16)4-8(12)14-10(15)17/h1-4H,(H,14,17). The molecule has 7 heteroatoms. The molecule has 1 aromatic heterocycles. The Labute approximate surface area is 108 Å². The number of rotatable bonds is 1. The number of aromatic nitrogens is 2. The van der Waals surface area contributed by atoms with E-state index in [1.54, 1.807) is 0 Å². The van der Waals surface area contributed by atoms with Crippen LogP contribution in [0.3, 0.4) is 0 Å². The van der Waals surface area contributed by atoms with Crippen molar-refractivity contribution in [1.82, 2.24) is 9.55 Å². The fourth-order valence-corrected chi connectivity index (χ4v) is 2.06. The summed E-state index contributed by atoms with van der Waals surface area (Å²) in [6, 6.07) is 4.71. The minimum atomic E-state index is -0.685. The molecule has 0 aliphatic rings. The first-order valence-corrected chi connectivity index (χ1v) is 5.63. The van der Waals surface area contributed by atoms with Crippen LogP contribution in [0.2, 0.25) is 5.15 Å². The van der Waals surface area contributed by atoms with Gasteiger partial charge in [-0.3, -0.25) is 9.78 Å². The molecular weight excluding hydrogens is 314 g/mol. The normalized spacial score (nSPS) is 10.5. The molecule has 4 nitrogen and oxygen atoms in total. The van der Waals surface area contributed by atoms with Gasteiger partial charge >= 0.3 is 5.69 Å². The van der Waals surface area contributed by atoms with Crippen molar-refractivity contribution in [3.63, 3.8) is 0 Å². The lowest BCUT2D eigenvalue weighted by Crippen LogP contribution is -2.33. The largest absolute Gasteiger partial charge is 0.334 e. The lowest BCUT2D eigenvalue weighted by Gasteiger charge is -2.06. The molecule has 0 unspecified atom stereocenters. The van der Waals surface area contributed by atoms with Gasteiger partial charge < -0.3 is 0 Å². The predicted molar refractivity (Wildman–Crippen MR) is 65.3 cm³/mol. The first kappa shape index (κ1) is 12.1. The molecule has 1 aromatic carbocycles. The van der Waals surface area contributed by atoms with E-state index in [2.05, 4.69) is 20.9 Å². The Balaban J connectivity index is 2.78. The van der Waals surface area contributed by atoms with E-state index < -0.39 is 17.1 Å². The van der Waals surface area contributed by atoms with Crippen LogP contribution in [0.1, 0.15) is 0 Å². The van der Waals surface area contributed by atoms with Gasteiger partial charge in [-0.1, -0.05) is 11.6 Å². The van der Waals surface area contributed by atoms with Crippen molar-refractivity contribution in [2.75, 3.05) is 0 Å². The van der Waals surface area contributed by atoms with Crippen LogP contribution in [-0.2, 0) is 0 Å². The molecule has 0 atom stereocenters. The molecule has 0 radical (unpaired) electrons. The third kappa shape index (κ3) is 2.32. The number of H-pyrrole nitrogens is 1. The molecule has 0 saturated carbocycles. The summed E-state index contributed by atoms with van der Waals surface area (Å²) in [4.78, 5) is 25.5. The van der Waals surface area contributed by atoms with Crippen molar-refractivity contribution in [3.8, 4) is 5.69 Å². The Hall–Kier alpha value is -1.40. The Kier molecular flexibility index (Phi) is 3.17. The summed E-state index contributed by atoms with van der Waals surface area (Å²) in [6.45, 7) is 0. The minimum absolute atomic E-state index is 0.0468. The number of nitrogens with zero attached hydrogens (tertiary/aromatic N) is 1. The van der Waals surface area contributed by atoms with Crippen LogP contribution < -0.4 is 11.2 Å². The Morgan fingerprint density at radius 2 is 2.00 bits per heavy atom. The van der Waals surface area contributed by atoms with Gasteiger partial charge in [-0.15, -0.1) is 0 Å². The monoisotopic (exact) mass is 318 g/mol. The van der Waals surface area contributed by atoms with E-state index in [1.165, 1.54) is 6.07 Å². The fraction of sp³-hybridized carbons (Fsp3) is 0. The summed E-state index contributed by atoms with van der Waals surface area (Å²) < 4.78 is 14.1. The van der Waals surface area contributed by atoms with Gasteiger partial charge in [-0.25, -0.2) is 13.8 Å². The lowest BCUT2D eigenvalue weighted by atomic mass is 10.3. The molecule has 2 rings (SSSR count). The summed E-state index contributed by atoms with van der Waals surface area (Å²) in [5, 5.41) is -0.0468. The topological polar surface area (TPSA) is 54.9 Å². The highest BCUT2D eigenvalue weighted by molar-refractivity contribution is 9.10. The molecule has 0 saturated heterocycles. The second kappa shape index (κ2) is 4.46. The zero-order valence-electron chi connectivity index (χ0n) is 8.21. The summed E-state index contributed by atoms with van der Waals surface area (Å²) in [5.74, 6) is -0.473. The maximum Gasteiger partial charge on any atom is 0.334 e. The maximum absolute atomic E-state index is 12.9. The number of hydrogen-bond donors (Lipinski definition) is 1. The average Bonchev–Trinajstić information content (AvgIpc) is 2.19. The predicted octanol–water partition coefficient (Wildman–Crippen LogP) is 2.08. The van der Waals surface area contributed by atoms with E-state index in [0.717, 1.165) is 22.8 Å². The van der Waals surface area contributed by atoms with E-state index in [0.29, 0.717) is 4.47 Å². The van der Waals surface area contributed by atoms with Crippen LogP contribution in [0, 0.1) is 5.82 Å². The fourth-order valence-electron chi connectivity index (χ4n) is 1.36. The van der Waals surface area contributed by atoms with Gasteiger partial charge in [-0.2, -0.15) is 0 Å². The van der Waals surface area contributed by atoms with Crippen LogP contribution >= 0.6 is 27.5 Å². The first-order chi connectivity index (χ1) is 7.99. The highest BCUT2D eigenvalue weighted by Gasteiger charge is 2.09. The van der Waals surface area contributed by atoms with Gasteiger partial charge in [0.1, 0.15) is 11.0 Å². The molecule has 88 valence electrons. The van der Waals surface area contributed by atoms with E-state index in [4.69, 9.17) is 11.6 Å². The van der Waals surface area contributed by atoms with Crippen LogP contribution in [-0.4, -0.2) is 9.55 Å². The third-order valence-corrected chi connectivity index (χ3v) is 2.89. The van der Waals surface area contributed by atoms with Gasteiger partial charge in [0.2, 0.25) is 0 Å². The zero-order valence-corrected chi connectivity index (χ0v) is 10.5. The molecule has 0 amide bonds. The van der Waals surface area contributed by atoms with Crippen molar-refractivity contribution in [3.05, 3.63) is 60.5 Å². The van der Waals surface area contributed by atoms with E-state index in [-0.39, 0.29) is 10.8 Å². The maximum atomic E-state index is 12.9. The molecule has 1 heterocycles. The summed E-state index contributed by atoms with van der Waals surface area (Å²) in [6.07, 6.45) is 0. The van der Waals surface area contributed by atoms with Gasteiger partial charge in [0.05, 0.1) is 5.69 Å². The lowest BCUT2D eigenvalue weighted by molar-refractivity contribution is 0.626. The van der Waals surface area contributed by atoms with Gasteiger partial charge in [-0.05, 0) is 34.1 Å². The van der Waals surface area contributed by atoms with Crippen LogP contribution in [0.5, 0.6) is 0 Å². The molecule has 0 aliphatic heterocycles. The molecule has 2 aromatic rings. The first-order valence-electron chi connectivity index (χ1n) is 4.46. The SMILES string of the molecule is O=c1cc(Cl)[nH]c(=O)n1-c1ccc(F)cc1Br. The van der Waals surface area contributed by atoms with Crippen LogP contribution in [0.15, 0.2) is 38.3 Å². The molecule has 17 heavy (non-hydrogen) atoms. The van der Waals surface area contributed by atoms with E-state index in [1.807, 2.05) is 0 Å². The van der Waals surface area contributed by atoms with Crippen LogP contribution in [0.4, 0.5) is 4.39 Å². The van der Waals surface area contributed by atoms with E-state index >= 15 is 0 Å². The third-order valence-electron chi connectivity index (χ3n) is 2.05. The molecule has 0 aliphatic carbocycles. The van der Waals surface area contributed by atoms with Gasteiger partial charge in [0.15, 0.2) is 0 Å². The number of nitrogens with one attached hydrogen (secondary N) is 1. The average molecular weight is 320 g/mol. The molecule has 1 N–H and O–H groups in total. The number of hydrogen-bond acceptors (Lipinski definition) is 2. The summed E-state index contributed by atoms with van der Waals surface area (Å²) in [7, 11) is 0. The van der Waals surface area contributed by atoms with Crippen molar-refractivity contribution < 1.29 is 4.39 Å². The van der Waals surface area contributed by atoms with E-state index in [9.17, 15) is 14.0 Å². The van der Waals surface area contributed by atoms with Crippen molar-refractivity contribution in [1.29, 1.82) is 0 Å². The smallest absolute Gasteiger partial charge is 0.297 e. The molecule has 0 spiro atoms. The zero-order chi connectivity index (χ0) is 12.6. The molecule has 0 fully saturated rings. The minimum Gasteiger partial charge on any atom is -0.297 e. The van der Waals surface area contributed by atoms with Crippen molar-refractivity contribution >= 4 is 27.5 Å². The van der Waals surface area contributed by atoms with Crippen molar-refractivity contribution in [2.45, 2.75) is 0 Å². The quantitative estimate of drug-likeness (QED) is 0.818. The summed E-state index contributed by atoms with van der Waals surface area (Å²) in [5.41, 5.74) is -1.03. The Morgan fingerprint density at radius 1 is 1.29 bits per heavy atom. The van der Waals surface area contributed by atoms with Crippen LogP contribution in [0.25, 0.3) is 5.69 Å². The van der Waals surface area contributed by atoms with Gasteiger partial charge in [0.25, 0.3) is 5.56 Å².